The zero-order chi connectivity index (χ0) is 10.4. The average molecular weight is 213 g/mol. The number of anilines is 1. The van der Waals surface area contributed by atoms with E-state index in [2.05, 4.69) is 29.1 Å². The van der Waals surface area contributed by atoms with E-state index in [1.54, 1.807) is 11.3 Å². The van der Waals surface area contributed by atoms with Crippen molar-refractivity contribution in [1.82, 2.24) is 4.98 Å². The Morgan fingerprint density at radius 1 is 1.43 bits per heavy atom. The molecule has 0 saturated carbocycles. The molecule has 2 N–H and O–H groups in total. The third-order valence-corrected chi connectivity index (χ3v) is 3.02. The van der Waals surface area contributed by atoms with Gasteiger partial charge in [-0.25, -0.2) is 4.98 Å². The van der Waals surface area contributed by atoms with Gasteiger partial charge in [-0.3, -0.25) is 0 Å². The highest BCUT2D eigenvalue weighted by atomic mass is 32.1. The van der Waals surface area contributed by atoms with Crippen LogP contribution in [0.3, 0.4) is 0 Å². The van der Waals surface area contributed by atoms with Gasteiger partial charge in [0.25, 0.3) is 0 Å². The van der Waals surface area contributed by atoms with E-state index in [9.17, 15) is 0 Å². The first-order valence-corrected chi connectivity index (χ1v) is 6.09. The molecule has 1 aromatic rings. The standard InChI is InChI=1S/C10H19N3S/c1-3-6-13(7-5-11)10-12-9(4-2)8-14-10/h8H,3-7,11H2,1-2H3. The fraction of sp³-hybridized carbons (Fsp3) is 0.700. The first-order valence-electron chi connectivity index (χ1n) is 5.21. The Kier molecular flexibility index (Phi) is 4.90. The molecule has 0 aliphatic heterocycles. The van der Waals surface area contributed by atoms with E-state index in [-0.39, 0.29) is 0 Å². The minimum Gasteiger partial charge on any atom is -0.347 e. The summed E-state index contributed by atoms with van der Waals surface area (Å²) in [6, 6.07) is 0. The van der Waals surface area contributed by atoms with Gasteiger partial charge in [0.05, 0.1) is 5.69 Å². The van der Waals surface area contributed by atoms with Gasteiger partial charge in [0, 0.05) is 25.0 Å². The van der Waals surface area contributed by atoms with Gasteiger partial charge < -0.3 is 10.6 Å². The summed E-state index contributed by atoms with van der Waals surface area (Å²) < 4.78 is 0. The molecule has 0 aliphatic rings. The van der Waals surface area contributed by atoms with Crippen molar-refractivity contribution in [3.05, 3.63) is 11.1 Å². The summed E-state index contributed by atoms with van der Waals surface area (Å²) in [7, 11) is 0. The molecule has 0 fully saturated rings. The maximum absolute atomic E-state index is 5.57. The fourth-order valence-electron chi connectivity index (χ4n) is 1.33. The minimum atomic E-state index is 0.695. The first kappa shape index (κ1) is 11.5. The number of aryl methyl sites for hydroxylation is 1. The summed E-state index contributed by atoms with van der Waals surface area (Å²) >= 11 is 1.72. The van der Waals surface area contributed by atoms with E-state index < -0.39 is 0 Å². The van der Waals surface area contributed by atoms with Crippen molar-refractivity contribution in [1.29, 1.82) is 0 Å². The molecule has 0 atom stereocenters. The lowest BCUT2D eigenvalue weighted by Crippen LogP contribution is -2.29. The third kappa shape index (κ3) is 2.96. The highest BCUT2D eigenvalue weighted by molar-refractivity contribution is 7.13. The molecule has 0 bridgehead atoms. The number of aromatic nitrogens is 1. The average Bonchev–Trinajstić information content (AvgIpc) is 2.65. The molecule has 0 spiro atoms. The molecule has 0 amide bonds. The Morgan fingerprint density at radius 3 is 2.71 bits per heavy atom. The van der Waals surface area contributed by atoms with Crippen molar-refractivity contribution in [2.45, 2.75) is 26.7 Å². The van der Waals surface area contributed by atoms with Crippen LogP contribution < -0.4 is 10.6 Å². The summed E-state index contributed by atoms with van der Waals surface area (Å²) in [5.41, 5.74) is 6.75. The second-order valence-corrected chi connectivity index (χ2v) is 4.09. The van der Waals surface area contributed by atoms with Crippen molar-refractivity contribution in [3.8, 4) is 0 Å². The van der Waals surface area contributed by atoms with Crippen molar-refractivity contribution < 1.29 is 0 Å². The quantitative estimate of drug-likeness (QED) is 0.784. The molecular formula is C10H19N3S. The van der Waals surface area contributed by atoms with E-state index in [1.807, 2.05) is 0 Å². The van der Waals surface area contributed by atoms with Gasteiger partial charge in [-0.05, 0) is 12.8 Å². The minimum absolute atomic E-state index is 0.695. The van der Waals surface area contributed by atoms with Crippen LogP contribution in [0.2, 0.25) is 0 Å². The molecule has 0 radical (unpaired) electrons. The Labute approximate surface area is 89.9 Å². The number of nitrogens with zero attached hydrogens (tertiary/aromatic N) is 2. The maximum Gasteiger partial charge on any atom is 0.185 e. The number of hydrogen-bond donors (Lipinski definition) is 1. The molecule has 4 heteroatoms. The van der Waals surface area contributed by atoms with Gasteiger partial charge in [-0.2, -0.15) is 0 Å². The number of hydrogen-bond acceptors (Lipinski definition) is 4. The molecule has 1 aromatic heterocycles. The molecule has 80 valence electrons. The molecule has 0 unspecified atom stereocenters. The Bertz CT molecular complexity index is 254. The van der Waals surface area contributed by atoms with Crippen LogP contribution in [0.4, 0.5) is 5.13 Å². The van der Waals surface area contributed by atoms with E-state index in [1.165, 1.54) is 5.69 Å². The summed E-state index contributed by atoms with van der Waals surface area (Å²) in [5.74, 6) is 0. The number of thiazole rings is 1. The molecule has 1 heterocycles. The van der Waals surface area contributed by atoms with Gasteiger partial charge in [-0.15, -0.1) is 11.3 Å². The zero-order valence-corrected chi connectivity index (χ0v) is 9.81. The SMILES string of the molecule is CCCN(CCN)c1nc(CC)cs1. The van der Waals surface area contributed by atoms with E-state index in [4.69, 9.17) is 5.73 Å². The Balaban J connectivity index is 2.65. The second-order valence-electron chi connectivity index (χ2n) is 3.25. The molecule has 0 aromatic carbocycles. The Morgan fingerprint density at radius 2 is 2.21 bits per heavy atom. The van der Waals surface area contributed by atoms with Crippen LogP contribution in [0.5, 0.6) is 0 Å². The van der Waals surface area contributed by atoms with Crippen LogP contribution >= 0.6 is 11.3 Å². The first-order chi connectivity index (χ1) is 6.81. The molecule has 0 aliphatic carbocycles. The van der Waals surface area contributed by atoms with Crippen LogP contribution in [-0.2, 0) is 6.42 Å². The van der Waals surface area contributed by atoms with Crippen molar-refractivity contribution in [2.75, 3.05) is 24.5 Å². The summed E-state index contributed by atoms with van der Waals surface area (Å²) in [6.07, 6.45) is 2.15. The molecular weight excluding hydrogens is 194 g/mol. The maximum atomic E-state index is 5.57. The third-order valence-electron chi connectivity index (χ3n) is 2.06. The highest BCUT2D eigenvalue weighted by Gasteiger charge is 2.08. The second kappa shape index (κ2) is 5.98. The van der Waals surface area contributed by atoms with Crippen molar-refractivity contribution >= 4 is 16.5 Å². The van der Waals surface area contributed by atoms with Crippen LogP contribution in [0.15, 0.2) is 5.38 Å². The van der Waals surface area contributed by atoms with Crippen LogP contribution in [0.25, 0.3) is 0 Å². The number of nitrogens with two attached hydrogens (primary N) is 1. The lowest BCUT2D eigenvalue weighted by Gasteiger charge is -2.19. The normalized spacial score (nSPS) is 10.5. The fourth-order valence-corrected chi connectivity index (χ4v) is 2.30. The predicted molar refractivity (Wildman–Crippen MR) is 63.1 cm³/mol. The number of rotatable bonds is 6. The lowest BCUT2D eigenvalue weighted by atomic mass is 10.4. The van der Waals surface area contributed by atoms with Gasteiger partial charge in [0.1, 0.15) is 0 Å². The van der Waals surface area contributed by atoms with E-state index in [0.29, 0.717) is 6.54 Å². The topological polar surface area (TPSA) is 42.1 Å². The van der Waals surface area contributed by atoms with Crippen LogP contribution in [-0.4, -0.2) is 24.6 Å². The Hall–Kier alpha value is -0.610. The van der Waals surface area contributed by atoms with E-state index >= 15 is 0 Å². The predicted octanol–water partition coefficient (Wildman–Crippen LogP) is 1.88. The van der Waals surface area contributed by atoms with Crippen molar-refractivity contribution in [3.63, 3.8) is 0 Å². The van der Waals surface area contributed by atoms with Gasteiger partial charge >= 0.3 is 0 Å². The van der Waals surface area contributed by atoms with Crippen LogP contribution in [0, 0.1) is 0 Å². The van der Waals surface area contributed by atoms with Gasteiger partial charge in [0.15, 0.2) is 5.13 Å². The summed E-state index contributed by atoms with van der Waals surface area (Å²) in [4.78, 5) is 6.82. The highest BCUT2D eigenvalue weighted by Crippen LogP contribution is 2.20. The summed E-state index contributed by atoms with van der Waals surface area (Å²) in [5, 5.41) is 3.25. The van der Waals surface area contributed by atoms with Crippen molar-refractivity contribution in [2.24, 2.45) is 5.73 Å². The lowest BCUT2D eigenvalue weighted by molar-refractivity contribution is 0.757. The van der Waals surface area contributed by atoms with E-state index in [0.717, 1.165) is 31.1 Å². The van der Waals surface area contributed by atoms with Crippen LogP contribution in [0.1, 0.15) is 26.0 Å². The summed E-state index contributed by atoms with van der Waals surface area (Å²) in [6.45, 7) is 6.96. The monoisotopic (exact) mass is 213 g/mol. The molecule has 0 saturated heterocycles. The molecule has 3 nitrogen and oxygen atoms in total. The van der Waals surface area contributed by atoms with Gasteiger partial charge in [0.2, 0.25) is 0 Å². The smallest absolute Gasteiger partial charge is 0.185 e. The van der Waals surface area contributed by atoms with Gasteiger partial charge in [-0.1, -0.05) is 13.8 Å². The largest absolute Gasteiger partial charge is 0.347 e. The molecule has 1 rings (SSSR count). The zero-order valence-electron chi connectivity index (χ0n) is 8.99. The molecule has 14 heavy (non-hydrogen) atoms.